The molecule has 0 radical (unpaired) electrons. The highest BCUT2D eigenvalue weighted by molar-refractivity contribution is 5.89. The van der Waals surface area contributed by atoms with E-state index in [1.165, 1.54) is 0 Å². The number of rotatable bonds is 3. The molecular formula is C14H18N2O4. The lowest BCUT2D eigenvalue weighted by Crippen LogP contribution is -2.42. The molecule has 0 unspecified atom stereocenters. The third-order valence-corrected chi connectivity index (χ3v) is 3.51. The zero-order valence-electron chi connectivity index (χ0n) is 11.3. The maximum Gasteiger partial charge on any atom is 0.319 e. The molecule has 6 nitrogen and oxygen atoms in total. The van der Waals surface area contributed by atoms with E-state index >= 15 is 0 Å². The van der Waals surface area contributed by atoms with Gasteiger partial charge in [-0.15, -0.1) is 0 Å². The molecule has 2 aliphatic rings. The number of nitrogens with one attached hydrogen (secondary N) is 2. The summed E-state index contributed by atoms with van der Waals surface area (Å²) in [4.78, 5) is 11.9. The molecule has 6 heteroatoms. The molecule has 0 aliphatic carbocycles. The molecule has 2 amide bonds. The van der Waals surface area contributed by atoms with Crippen molar-refractivity contribution in [2.45, 2.75) is 31.9 Å². The maximum atomic E-state index is 11.9. The Morgan fingerprint density at radius 1 is 1.35 bits per heavy atom. The van der Waals surface area contributed by atoms with Crippen LogP contribution >= 0.6 is 0 Å². The number of hydrogen-bond acceptors (Lipinski definition) is 4. The van der Waals surface area contributed by atoms with Crippen molar-refractivity contribution in [2.24, 2.45) is 0 Å². The molecule has 1 aromatic rings. The SMILES string of the molecule is C[C@@H](NC(=O)Nc1ccc2c(c1)OCO2)[C@H]1CCCO1. The summed E-state index contributed by atoms with van der Waals surface area (Å²) in [5, 5.41) is 5.68. The van der Waals surface area contributed by atoms with E-state index in [4.69, 9.17) is 14.2 Å². The van der Waals surface area contributed by atoms with Crippen LogP contribution < -0.4 is 20.1 Å². The largest absolute Gasteiger partial charge is 0.454 e. The van der Waals surface area contributed by atoms with Crippen molar-refractivity contribution in [2.75, 3.05) is 18.7 Å². The Morgan fingerprint density at radius 2 is 2.20 bits per heavy atom. The number of carbonyl (C=O) groups excluding carboxylic acids is 1. The van der Waals surface area contributed by atoms with Crippen molar-refractivity contribution in [1.29, 1.82) is 0 Å². The van der Waals surface area contributed by atoms with Crippen LogP contribution in [0.5, 0.6) is 11.5 Å². The van der Waals surface area contributed by atoms with Gasteiger partial charge in [0.2, 0.25) is 6.79 Å². The second-order valence-corrected chi connectivity index (χ2v) is 5.01. The smallest absolute Gasteiger partial charge is 0.319 e. The predicted octanol–water partition coefficient (Wildman–Crippen LogP) is 2.10. The summed E-state index contributed by atoms with van der Waals surface area (Å²) in [5.74, 6) is 1.35. The zero-order valence-corrected chi connectivity index (χ0v) is 11.3. The standard InChI is InChI=1S/C14H18N2O4/c1-9(11-3-2-6-18-11)15-14(17)16-10-4-5-12-13(7-10)20-8-19-12/h4-5,7,9,11H,2-3,6,8H2,1H3,(H2,15,16,17)/t9-,11-/m1/s1. The van der Waals surface area contributed by atoms with Gasteiger partial charge in [0.15, 0.2) is 11.5 Å². The van der Waals surface area contributed by atoms with Crippen LogP contribution in [0.4, 0.5) is 10.5 Å². The van der Waals surface area contributed by atoms with E-state index in [0.29, 0.717) is 17.2 Å². The molecule has 2 atom stereocenters. The van der Waals surface area contributed by atoms with Gasteiger partial charge in [-0.05, 0) is 31.9 Å². The minimum absolute atomic E-state index is 0.00786. The van der Waals surface area contributed by atoms with Crippen molar-refractivity contribution in [3.8, 4) is 11.5 Å². The van der Waals surface area contributed by atoms with E-state index in [1.807, 2.05) is 6.92 Å². The van der Waals surface area contributed by atoms with Gasteiger partial charge in [0.1, 0.15) is 0 Å². The van der Waals surface area contributed by atoms with Crippen LogP contribution in [0.25, 0.3) is 0 Å². The van der Waals surface area contributed by atoms with Gasteiger partial charge in [-0.3, -0.25) is 0 Å². The van der Waals surface area contributed by atoms with Crippen molar-refractivity contribution >= 4 is 11.7 Å². The van der Waals surface area contributed by atoms with Crippen LogP contribution in [0, 0.1) is 0 Å². The Balaban J connectivity index is 1.55. The van der Waals surface area contributed by atoms with Crippen LogP contribution in [-0.2, 0) is 4.74 Å². The summed E-state index contributed by atoms with van der Waals surface area (Å²) in [6.07, 6.45) is 2.16. The second kappa shape index (κ2) is 5.58. The normalized spacial score (nSPS) is 21.6. The Morgan fingerprint density at radius 3 is 3.00 bits per heavy atom. The van der Waals surface area contributed by atoms with Gasteiger partial charge < -0.3 is 24.8 Å². The fraction of sp³-hybridized carbons (Fsp3) is 0.500. The number of urea groups is 1. The fourth-order valence-corrected chi connectivity index (χ4v) is 2.44. The van der Waals surface area contributed by atoms with Crippen molar-refractivity contribution in [1.82, 2.24) is 5.32 Å². The van der Waals surface area contributed by atoms with E-state index in [9.17, 15) is 4.79 Å². The predicted molar refractivity (Wildman–Crippen MR) is 73.2 cm³/mol. The molecule has 0 saturated carbocycles. The molecule has 2 N–H and O–H groups in total. The Labute approximate surface area is 117 Å². The highest BCUT2D eigenvalue weighted by Gasteiger charge is 2.23. The fourth-order valence-electron chi connectivity index (χ4n) is 2.44. The first-order valence-corrected chi connectivity index (χ1v) is 6.81. The van der Waals surface area contributed by atoms with Crippen LogP contribution in [0.1, 0.15) is 19.8 Å². The van der Waals surface area contributed by atoms with E-state index in [0.717, 1.165) is 19.4 Å². The Kier molecular flexibility index (Phi) is 3.64. The molecule has 1 saturated heterocycles. The van der Waals surface area contributed by atoms with Gasteiger partial charge in [0, 0.05) is 18.4 Å². The molecule has 0 bridgehead atoms. The van der Waals surface area contributed by atoms with E-state index in [-0.39, 0.29) is 25.0 Å². The van der Waals surface area contributed by atoms with Crippen LogP contribution in [0.2, 0.25) is 0 Å². The highest BCUT2D eigenvalue weighted by Crippen LogP contribution is 2.34. The number of hydrogen-bond donors (Lipinski definition) is 2. The third-order valence-electron chi connectivity index (χ3n) is 3.51. The van der Waals surface area contributed by atoms with Gasteiger partial charge in [-0.1, -0.05) is 0 Å². The molecule has 1 fully saturated rings. The van der Waals surface area contributed by atoms with Gasteiger partial charge >= 0.3 is 6.03 Å². The maximum absolute atomic E-state index is 11.9. The van der Waals surface area contributed by atoms with Gasteiger partial charge in [-0.2, -0.15) is 0 Å². The number of anilines is 1. The number of ether oxygens (including phenoxy) is 3. The minimum atomic E-state index is -0.244. The van der Waals surface area contributed by atoms with Crippen molar-refractivity contribution in [3.63, 3.8) is 0 Å². The summed E-state index contributed by atoms with van der Waals surface area (Å²) < 4.78 is 16.0. The highest BCUT2D eigenvalue weighted by atomic mass is 16.7. The third kappa shape index (κ3) is 2.80. The van der Waals surface area contributed by atoms with Crippen LogP contribution in [0.3, 0.4) is 0 Å². The molecule has 0 aromatic heterocycles. The van der Waals surface area contributed by atoms with E-state index in [2.05, 4.69) is 10.6 Å². The van der Waals surface area contributed by atoms with Crippen molar-refractivity contribution < 1.29 is 19.0 Å². The summed E-state index contributed by atoms with van der Waals surface area (Å²) >= 11 is 0. The monoisotopic (exact) mass is 278 g/mol. The quantitative estimate of drug-likeness (QED) is 0.888. The van der Waals surface area contributed by atoms with Crippen LogP contribution in [-0.4, -0.2) is 31.6 Å². The first-order valence-electron chi connectivity index (χ1n) is 6.81. The molecule has 3 rings (SSSR count). The topological polar surface area (TPSA) is 68.8 Å². The lowest BCUT2D eigenvalue weighted by atomic mass is 10.1. The number of benzene rings is 1. The average molecular weight is 278 g/mol. The number of carbonyl (C=O) groups is 1. The summed E-state index contributed by atoms with van der Waals surface area (Å²) in [5.41, 5.74) is 0.672. The van der Waals surface area contributed by atoms with Gasteiger partial charge in [-0.25, -0.2) is 4.79 Å². The molecule has 108 valence electrons. The first-order chi connectivity index (χ1) is 9.72. The van der Waals surface area contributed by atoms with Crippen LogP contribution in [0.15, 0.2) is 18.2 Å². The van der Waals surface area contributed by atoms with Gasteiger partial charge in [0.05, 0.1) is 12.1 Å². The van der Waals surface area contributed by atoms with E-state index in [1.54, 1.807) is 18.2 Å². The number of amides is 2. The second-order valence-electron chi connectivity index (χ2n) is 5.01. The number of fused-ring (bicyclic) bond motifs is 1. The van der Waals surface area contributed by atoms with E-state index < -0.39 is 0 Å². The molecular weight excluding hydrogens is 260 g/mol. The lowest BCUT2D eigenvalue weighted by Gasteiger charge is -2.20. The zero-order chi connectivity index (χ0) is 13.9. The molecule has 1 aromatic carbocycles. The molecule has 2 heterocycles. The molecule has 2 aliphatic heterocycles. The Hall–Kier alpha value is -1.95. The van der Waals surface area contributed by atoms with Gasteiger partial charge in [0.25, 0.3) is 0 Å². The minimum Gasteiger partial charge on any atom is -0.454 e. The lowest BCUT2D eigenvalue weighted by molar-refractivity contribution is 0.0868. The summed E-state index contributed by atoms with van der Waals surface area (Å²) in [6.45, 7) is 2.96. The average Bonchev–Trinajstić information content (AvgIpc) is 3.09. The molecule has 20 heavy (non-hydrogen) atoms. The molecule has 0 spiro atoms. The first kappa shape index (κ1) is 13.1. The summed E-state index contributed by atoms with van der Waals surface area (Å²) in [6, 6.07) is 5.06. The van der Waals surface area contributed by atoms with Crippen molar-refractivity contribution in [3.05, 3.63) is 18.2 Å². The Bertz CT molecular complexity index is 500. The summed E-state index contributed by atoms with van der Waals surface area (Å²) in [7, 11) is 0.